The number of aromatic nitrogens is 2. The van der Waals surface area contributed by atoms with Crippen molar-refractivity contribution in [1.82, 2.24) is 9.78 Å². The van der Waals surface area contributed by atoms with Gasteiger partial charge in [0, 0.05) is 29.9 Å². The maximum atomic E-state index is 5.79. The highest BCUT2D eigenvalue weighted by atomic mass is 15.3. The van der Waals surface area contributed by atoms with Crippen LogP contribution in [0.1, 0.15) is 38.4 Å². The van der Waals surface area contributed by atoms with Gasteiger partial charge in [-0.05, 0) is 32.8 Å². The third-order valence-electron chi connectivity index (χ3n) is 2.95. The second-order valence-electron chi connectivity index (χ2n) is 4.24. The summed E-state index contributed by atoms with van der Waals surface area (Å²) in [5, 5.41) is 4.33. The first-order valence-electron chi connectivity index (χ1n) is 4.94. The Kier molecular flexibility index (Phi) is 1.91. The third kappa shape index (κ3) is 1.27. The molecule has 0 aliphatic heterocycles. The zero-order chi connectivity index (χ0) is 9.47. The van der Waals surface area contributed by atoms with Gasteiger partial charge in [-0.2, -0.15) is 5.10 Å². The van der Waals surface area contributed by atoms with E-state index in [1.54, 1.807) is 0 Å². The maximum absolute atomic E-state index is 5.79. The fourth-order valence-electron chi connectivity index (χ4n) is 1.86. The van der Waals surface area contributed by atoms with E-state index >= 15 is 0 Å². The molecule has 72 valence electrons. The molecule has 0 unspecified atom stereocenters. The van der Waals surface area contributed by atoms with Crippen LogP contribution in [-0.2, 0) is 5.41 Å². The van der Waals surface area contributed by atoms with Gasteiger partial charge in [0.05, 0.1) is 0 Å². The van der Waals surface area contributed by atoms with Crippen molar-refractivity contribution in [3.63, 3.8) is 0 Å². The summed E-state index contributed by atoms with van der Waals surface area (Å²) in [5.74, 6) is 0. The van der Waals surface area contributed by atoms with Gasteiger partial charge < -0.3 is 5.73 Å². The summed E-state index contributed by atoms with van der Waals surface area (Å²) in [6.45, 7) is 5.07. The van der Waals surface area contributed by atoms with E-state index in [1.807, 2.05) is 6.20 Å². The van der Waals surface area contributed by atoms with Crippen molar-refractivity contribution < 1.29 is 0 Å². The molecule has 1 aromatic rings. The van der Waals surface area contributed by atoms with Crippen molar-refractivity contribution in [1.29, 1.82) is 0 Å². The van der Waals surface area contributed by atoms with E-state index < -0.39 is 0 Å². The number of nitrogens with two attached hydrogens (primary N) is 1. The molecule has 1 aromatic heterocycles. The molecule has 2 rings (SSSR count). The highest BCUT2D eigenvalue weighted by Crippen LogP contribution is 2.47. The molecule has 0 spiro atoms. The van der Waals surface area contributed by atoms with Crippen molar-refractivity contribution in [3.05, 3.63) is 18.0 Å². The smallest absolute Gasteiger partial charge is 0.0492 e. The minimum absolute atomic E-state index is 0.265. The summed E-state index contributed by atoms with van der Waals surface area (Å²) >= 11 is 0. The molecule has 0 radical (unpaired) electrons. The summed E-state index contributed by atoms with van der Waals surface area (Å²) < 4.78 is 2.10. The van der Waals surface area contributed by atoms with Crippen LogP contribution in [0.5, 0.6) is 0 Å². The maximum Gasteiger partial charge on any atom is 0.0492 e. The van der Waals surface area contributed by atoms with Crippen LogP contribution in [0.2, 0.25) is 0 Å². The Bertz CT molecular complexity index is 297. The minimum atomic E-state index is 0.265. The average molecular weight is 179 g/mol. The van der Waals surface area contributed by atoms with Crippen molar-refractivity contribution in [2.45, 2.75) is 38.1 Å². The monoisotopic (exact) mass is 179 g/mol. The summed E-state index contributed by atoms with van der Waals surface area (Å²) in [7, 11) is 0. The van der Waals surface area contributed by atoms with Crippen LogP contribution in [0.4, 0.5) is 0 Å². The SMILES string of the molecule is CC(C)n1nccc1C1(CN)CC1. The molecule has 0 bridgehead atoms. The van der Waals surface area contributed by atoms with Crippen LogP contribution in [0.25, 0.3) is 0 Å². The van der Waals surface area contributed by atoms with Gasteiger partial charge in [-0.15, -0.1) is 0 Å². The molecule has 3 heteroatoms. The second-order valence-corrected chi connectivity index (χ2v) is 4.24. The lowest BCUT2D eigenvalue weighted by Gasteiger charge is -2.17. The first-order valence-corrected chi connectivity index (χ1v) is 4.94. The van der Waals surface area contributed by atoms with Gasteiger partial charge >= 0.3 is 0 Å². The molecule has 0 aromatic carbocycles. The molecular formula is C10H17N3. The van der Waals surface area contributed by atoms with Crippen LogP contribution >= 0.6 is 0 Å². The summed E-state index contributed by atoms with van der Waals surface area (Å²) in [4.78, 5) is 0. The summed E-state index contributed by atoms with van der Waals surface area (Å²) in [6, 6.07) is 2.55. The van der Waals surface area contributed by atoms with E-state index in [1.165, 1.54) is 18.5 Å². The molecule has 1 fully saturated rings. The highest BCUT2D eigenvalue weighted by molar-refractivity contribution is 5.25. The van der Waals surface area contributed by atoms with E-state index in [-0.39, 0.29) is 5.41 Å². The van der Waals surface area contributed by atoms with Crippen LogP contribution in [0.3, 0.4) is 0 Å². The second kappa shape index (κ2) is 2.84. The molecule has 3 nitrogen and oxygen atoms in total. The predicted molar refractivity (Wildman–Crippen MR) is 52.6 cm³/mol. The summed E-state index contributed by atoms with van der Waals surface area (Å²) in [6.07, 6.45) is 4.33. The molecule has 1 aliphatic rings. The van der Waals surface area contributed by atoms with Gasteiger partial charge in [0.15, 0.2) is 0 Å². The van der Waals surface area contributed by atoms with Crippen LogP contribution in [0, 0.1) is 0 Å². The average Bonchev–Trinajstić information content (AvgIpc) is 2.74. The lowest BCUT2D eigenvalue weighted by molar-refractivity contribution is 0.479. The van der Waals surface area contributed by atoms with E-state index in [9.17, 15) is 0 Å². The lowest BCUT2D eigenvalue weighted by atomic mass is 10.0. The Morgan fingerprint density at radius 2 is 2.31 bits per heavy atom. The molecule has 1 saturated carbocycles. The van der Waals surface area contributed by atoms with Gasteiger partial charge in [0.2, 0.25) is 0 Å². The molecular weight excluding hydrogens is 162 g/mol. The molecule has 1 aliphatic carbocycles. The fourth-order valence-corrected chi connectivity index (χ4v) is 1.86. The van der Waals surface area contributed by atoms with Crippen LogP contribution in [-0.4, -0.2) is 16.3 Å². The van der Waals surface area contributed by atoms with Crippen molar-refractivity contribution >= 4 is 0 Å². The predicted octanol–water partition coefficient (Wildman–Crippen LogP) is 1.45. The van der Waals surface area contributed by atoms with Crippen LogP contribution in [0.15, 0.2) is 12.3 Å². The molecule has 2 N–H and O–H groups in total. The Morgan fingerprint density at radius 1 is 1.62 bits per heavy atom. The van der Waals surface area contributed by atoms with Gasteiger partial charge in [-0.25, -0.2) is 0 Å². The van der Waals surface area contributed by atoms with Crippen LogP contribution < -0.4 is 5.73 Å². The zero-order valence-electron chi connectivity index (χ0n) is 8.33. The number of hydrogen-bond acceptors (Lipinski definition) is 2. The minimum Gasteiger partial charge on any atom is -0.330 e. The quantitative estimate of drug-likeness (QED) is 0.763. The largest absolute Gasteiger partial charge is 0.330 e. The lowest BCUT2D eigenvalue weighted by Crippen LogP contribution is -2.24. The Labute approximate surface area is 78.9 Å². The van der Waals surface area contributed by atoms with Crippen molar-refractivity contribution in [3.8, 4) is 0 Å². The van der Waals surface area contributed by atoms with E-state index in [2.05, 4.69) is 29.7 Å². The molecule has 13 heavy (non-hydrogen) atoms. The number of nitrogens with zero attached hydrogens (tertiary/aromatic N) is 2. The zero-order valence-corrected chi connectivity index (χ0v) is 8.33. The molecule has 1 heterocycles. The van der Waals surface area contributed by atoms with Crippen molar-refractivity contribution in [2.24, 2.45) is 5.73 Å². The first-order chi connectivity index (χ1) is 6.19. The normalized spacial score (nSPS) is 19.4. The fraction of sp³-hybridized carbons (Fsp3) is 0.700. The van der Waals surface area contributed by atoms with E-state index in [0.29, 0.717) is 6.04 Å². The van der Waals surface area contributed by atoms with Gasteiger partial charge in [0.25, 0.3) is 0 Å². The number of rotatable bonds is 3. The van der Waals surface area contributed by atoms with Gasteiger partial charge in [-0.3, -0.25) is 4.68 Å². The summed E-state index contributed by atoms with van der Waals surface area (Å²) in [5.41, 5.74) is 7.38. The first kappa shape index (κ1) is 8.75. The molecule has 0 atom stereocenters. The Morgan fingerprint density at radius 3 is 2.77 bits per heavy atom. The molecule has 0 amide bonds. The standard InChI is InChI=1S/C10H17N3/c1-8(2)13-9(3-6-12-13)10(7-11)4-5-10/h3,6,8H,4-5,7,11H2,1-2H3. The number of hydrogen-bond donors (Lipinski definition) is 1. The Balaban J connectivity index is 2.35. The molecule has 0 saturated heterocycles. The van der Waals surface area contributed by atoms with Crippen molar-refractivity contribution in [2.75, 3.05) is 6.54 Å². The van der Waals surface area contributed by atoms with E-state index in [4.69, 9.17) is 5.73 Å². The Hall–Kier alpha value is -0.830. The topological polar surface area (TPSA) is 43.8 Å². The highest BCUT2D eigenvalue weighted by Gasteiger charge is 2.45. The van der Waals surface area contributed by atoms with E-state index in [0.717, 1.165) is 6.54 Å². The third-order valence-corrected chi connectivity index (χ3v) is 2.95. The van der Waals surface area contributed by atoms with Gasteiger partial charge in [-0.1, -0.05) is 0 Å². The van der Waals surface area contributed by atoms with Gasteiger partial charge in [0.1, 0.15) is 0 Å².